The van der Waals surface area contributed by atoms with Gasteiger partial charge in [-0.25, -0.2) is 0 Å². The molecule has 1 N–H and O–H groups in total. The zero-order chi connectivity index (χ0) is 32.5. The number of carbonyl (C=O) groups excluding carboxylic acids is 3. The van der Waals surface area contributed by atoms with E-state index in [9.17, 15) is 14.4 Å². The minimum Gasteiger partial charge on any atom is -1.00 e. The molecule has 0 radical (unpaired) electrons. The van der Waals surface area contributed by atoms with Crippen molar-refractivity contribution in [3.8, 4) is 0 Å². The van der Waals surface area contributed by atoms with Crippen molar-refractivity contribution in [1.29, 1.82) is 0 Å². The number of carbonyl (C=O) groups is 3. The second-order valence-electron chi connectivity index (χ2n) is 13.1. The second kappa shape index (κ2) is 17.0. The van der Waals surface area contributed by atoms with Crippen LogP contribution in [0.3, 0.4) is 0 Å². The fourth-order valence-electron chi connectivity index (χ4n) is 5.11. The maximum atomic E-state index is 13.2. The Labute approximate surface area is 279 Å². The number of rotatable bonds is 14. The number of Topliss-reactive ketones (excluding diaryl/α,β-unsaturated/α-hetero) is 1. The van der Waals surface area contributed by atoms with Crippen molar-refractivity contribution in [2.75, 3.05) is 54.1 Å². The van der Waals surface area contributed by atoms with Crippen LogP contribution in [-0.4, -0.2) is 76.2 Å². The Morgan fingerprint density at radius 3 is 1.98 bits per heavy atom. The number of likely N-dealkylation sites (N-methyl/N-ethyl adjacent to an activating group) is 1. The summed E-state index contributed by atoms with van der Waals surface area (Å²) in [5, 5.41) is 10.2. The summed E-state index contributed by atoms with van der Waals surface area (Å²) in [5.74, 6) is 0.171. The van der Waals surface area contributed by atoms with E-state index in [-0.39, 0.29) is 46.0 Å². The Morgan fingerprint density at radius 2 is 1.44 bits per heavy atom. The van der Waals surface area contributed by atoms with E-state index in [1.165, 1.54) is 21.5 Å². The molecule has 4 rings (SSSR count). The number of halogens is 1. The Morgan fingerprint density at radius 1 is 0.889 bits per heavy atom. The second-order valence-corrected chi connectivity index (χ2v) is 13.1. The summed E-state index contributed by atoms with van der Waals surface area (Å²) in [4.78, 5) is 36.4. The summed E-state index contributed by atoms with van der Waals surface area (Å²) in [5.41, 5.74) is 0.403. The minimum absolute atomic E-state index is 0. The van der Waals surface area contributed by atoms with Crippen LogP contribution < -0.4 is 22.3 Å². The highest BCUT2D eigenvalue weighted by Crippen LogP contribution is 2.35. The molecule has 0 bridgehead atoms. The molecule has 8 heteroatoms. The van der Waals surface area contributed by atoms with E-state index in [1.54, 1.807) is 7.11 Å². The summed E-state index contributed by atoms with van der Waals surface area (Å²) in [6.45, 7) is 12.4. The average molecular weight is 684 g/mol. The largest absolute Gasteiger partial charge is 1.00 e. The molecule has 1 atom stereocenters. The zero-order valence-corrected chi connectivity index (χ0v) is 29.9. The summed E-state index contributed by atoms with van der Waals surface area (Å²) < 4.78 is 10.3. The van der Waals surface area contributed by atoms with Gasteiger partial charge in [-0.3, -0.25) is 14.4 Å². The molecule has 45 heavy (non-hydrogen) atoms. The van der Waals surface area contributed by atoms with Crippen LogP contribution in [-0.2, 0) is 19.1 Å². The van der Waals surface area contributed by atoms with Gasteiger partial charge >= 0.3 is 5.97 Å². The molecule has 0 aliphatic rings. The first kappa shape index (κ1) is 38.1. The number of methoxy groups -OCH3 is 1. The molecule has 246 valence electrons. The van der Waals surface area contributed by atoms with Crippen molar-refractivity contribution in [2.45, 2.75) is 53.9 Å². The number of ether oxygens (including phenoxy) is 2. The molecule has 4 aromatic rings. The van der Waals surface area contributed by atoms with Crippen LogP contribution in [0.2, 0.25) is 0 Å². The number of hydrogen-bond donors (Lipinski definition) is 1. The van der Waals surface area contributed by atoms with Crippen molar-refractivity contribution in [2.24, 2.45) is 11.3 Å². The molecule has 0 aliphatic heterocycles. The number of benzene rings is 4. The third-order valence-electron chi connectivity index (χ3n) is 8.61. The number of amides is 1. The number of hydrogen-bond acceptors (Lipinski definition) is 5. The van der Waals surface area contributed by atoms with Gasteiger partial charge in [-0.05, 0) is 71.1 Å². The Balaban J connectivity index is 0.000000464. The van der Waals surface area contributed by atoms with E-state index >= 15 is 0 Å². The highest BCUT2D eigenvalue weighted by Gasteiger charge is 2.26. The van der Waals surface area contributed by atoms with Crippen molar-refractivity contribution in [3.05, 3.63) is 60.2 Å². The van der Waals surface area contributed by atoms with E-state index < -0.39 is 0 Å². The lowest BCUT2D eigenvalue weighted by Crippen LogP contribution is -3.00. The van der Waals surface area contributed by atoms with Crippen molar-refractivity contribution in [1.82, 2.24) is 5.32 Å². The Bertz CT molecular complexity index is 1500. The van der Waals surface area contributed by atoms with Gasteiger partial charge in [-0.1, -0.05) is 63.2 Å². The summed E-state index contributed by atoms with van der Waals surface area (Å²) in [6, 6.07) is 19.0. The summed E-state index contributed by atoms with van der Waals surface area (Å²) in [7, 11) is 5.75. The molecule has 0 saturated heterocycles. The van der Waals surface area contributed by atoms with Gasteiger partial charge in [0.1, 0.15) is 13.2 Å². The minimum atomic E-state index is -0.367. The first-order valence-electron chi connectivity index (χ1n) is 15.8. The topological polar surface area (TPSA) is 81.7 Å². The molecule has 0 spiro atoms. The van der Waals surface area contributed by atoms with Gasteiger partial charge in [0.25, 0.3) is 0 Å². The van der Waals surface area contributed by atoms with E-state index in [0.717, 1.165) is 42.1 Å². The van der Waals surface area contributed by atoms with Crippen LogP contribution in [0.25, 0.3) is 32.3 Å². The molecule has 0 fully saturated rings. The highest BCUT2D eigenvalue weighted by molar-refractivity contribution is 6.24. The first-order chi connectivity index (χ1) is 20.8. The van der Waals surface area contributed by atoms with Crippen LogP contribution in [0.5, 0.6) is 0 Å². The van der Waals surface area contributed by atoms with Crippen LogP contribution in [0, 0.1) is 11.3 Å². The third kappa shape index (κ3) is 10.2. The Kier molecular flexibility index (Phi) is 14.4. The number of quaternary nitrogens is 1. The SMILES string of the molecule is CCC(C)(C)C(=O)OCCOC.CCC(C)C(=O)NCCC[N+](C)(C)CC(=O)c1cc2ccc3cccc4ccc(c1)c2c34.[Br-]. The fourth-order valence-corrected chi connectivity index (χ4v) is 5.11. The number of nitrogens with zero attached hydrogens (tertiary/aromatic N) is 1. The zero-order valence-electron chi connectivity index (χ0n) is 28.3. The molecule has 0 aliphatic carbocycles. The highest BCUT2D eigenvalue weighted by atomic mass is 79.9. The number of nitrogens with one attached hydrogen (secondary N) is 1. The van der Waals surface area contributed by atoms with E-state index in [2.05, 4.69) is 61.9 Å². The van der Waals surface area contributed by atoms with Gasteiger partial charge in [0, 0.05) is 31.6 Å². The third-order valence-corrected chi connectivity index (χ3v) is 8.61. The Hall–Kier alpha value is -3.07. The molecule has 4 aromatic carbocycles. The smallest absolute Gasteiger partial charge is 0.311 e. The average Bonchev–Trinajstić information content (AvgIpc) is 3.01. The molecule has 0 aromatic heterocycles. The molecule has 0 heterocycles. The lowest BCUT2D eigenvalue weighted by Gasteiger charge is -2.29. The van der Waals surface area contributed by atoms with Gasteiger partial charge in [0.15, 0.2) is 0 Å². The molecular formula is C37H51BrN2O5. The van der Waals surface area contributed by atoms with Gasteiger partial charge < -0.3 is 36.3 Å². The first-order valence-corrected chi connectivity index (χ1v) is 15.8. The fraction of sp³-hybridized carbons (Fsp3) is 0.486. The van der Waals surface area contributed by atoms with Gasteiger partial charge in [-0.2, -0.15) is 0 Å². The van der Waals surface area contributed by atoms with Crippen LogP contribution >= 0.6 is 0 Å². The van der Waals surface area contributed by atoms with Crippen molar-refractivity contribution >= 4 is 50.0 Å². The lowest BCUT2D eigenvalue weighted by molar-refractivity contribution is -0.882. The van der Waals surface area contributed by atoms with Crippen molar-refractivity contribution in [3.63, 3.8) is 0 Å². The maximum absolute atomic E-state index is 13.2. The van der Waals surface area contributed by atoms with Crippen LogP contribution in [0.1, 0.15) is 64.2 Å². The molecular weight excluding hydrogens is 632 g/mol. The summed E-state index contributed by atoms with van der Waals surface area (Å²) in [6.07, 6.45) is 2.49. The van der Waals surface area contributed by atoms with Gasteiger partial charge in [0.2, 0.25) is 11.7 Å². The number of esters is 1. The summed E-state index contributed by atoms with van der Waals surface area (Å²) >= 11 is 0. The van der Waals surface area contributed by atoms with Crippen LogP contribution in [0.15, 0.2) is 54.6 Å². The predicted molar refractivity (Wildman–Crippen MR) is 180 cm³/mol. The molecule has 1 amide bonds. The van der Waals surface area contributed by atoms with Crippen LogP contribution in [0.4, 0.5) is 0 Å². The monoisotopic (exact) mass is 682 g/mol. The predicted octanol–water partition coefficient (Wildman–Crippen LogP) is 4.01. The molecule has 1 unspecified atom stereocenters. The quantitative estimate of drug-likeness (QED) is 0.0715. The van der Waals surface area contributed by atoms with E-state index in [0.29, 0.717) is 30.8 Å². The standard InChI is InChI=1S/C28H32N2O2.C9H18O3.BrH/c1-5-19(2)28(32)29-14-7-15-30(3,4)18-25(31)24-16-22-12-10-20-8-6-9-21-11-13-23(17-24)27(22)26(20)21;1-5-9(2,3)8(10)12-7-6-11-4;/h6,8-13,16-17,19H,5,7,14-15,18H2,1-4H3;5-7H2,1-4H3;1H. The number of ketones is 1. The maximum Gasteiger partial charge on any atom is 0.311 e. The van der Waals surface area contributed by atoms with E-state index in [1.807, 2.05) is 46.8 Å². The lowest BCUT2D eigenvalue weighted by atomic mass is 9.91. The normalized spacial score (nSPS) is 12.4. The van der Waals surface area contributed by atoms with Gasteiger partial charge in [-0.15, -0.1) is 0 Å². The van der Waals surface area contributed by atoms with Gasteiger partial charge in [0.05, 0.1) is 32.7 Å². The van der Waals surface area contributed by atoms with E-state index in [4.69, 9.17) is 9.47 Å². The van der Waals surface area contributed by atoms with Crippen molar-refractivity contribution < 1.29 is 45.3 Å². The molecule has 7 nitrogen and oxygen atoms in total. The molecule has 0 saturated carbocycles.